The van der Waals surface area contributed by atoms with Gasteiger partial charge in [-0.25, -0.2) is 0 Å². The first-order valence-electron chi connectivity index (χ1n) is 4.72. The molecular weight excluding hydrogens is 192 g/mol. The lowest BCUT2D eigenvalue weighted by Crippen LogP contribution is -2.25. The average molecular weight is 210 g/mol. The molecule has 78 valence electrons. The summed E-state index contributed by atoms with van der Waals surface area (Å²) < 4.78 is 0. The van der Waals surface area contributed by atoms with Gasteiger partial charge < -0.3 is 11.5 Å². The highest BCUT2D eigenvalue weighted by Gasteiger charge is 2.16. The highest BCUT2D eigenvalue weighted by molar-refractivity contribution is 7.80. The summed E-state index contributed by atoms with van der Waals surface area (Å²) in [6.07, 6.45) is 0.956. The van der Waals surface area contributed by atoms with Crippen molar-refractivity contribution in [2.75, 3.05) is 12.3 Å². The number of nitrogens with two attached hydrogens (primary N) is 2. The third-order valence-electron chi connectivity index (χ3n) is 2.33. The zero-order valence-electron chi connectivity index (χ0n) is 8.75. The van der Waals surface area contributed by atoms with Crippen LogP contribution in [0.25, 0.3) is 0 Å². The maximum absolute atomic E-state index is 5.68. The van der Waals surface area contributed by atoms with E-state index in [1.54, 1.807) is 0 Å². The predicted molar refractivity (Wildman–Crippen MR) is 64.6 cm³/mol. The molecule has 0 saturated carbocycles. The molecule has 3 heteroatoms. The van der Waals surface area contributed by atoms with E-state index in [9.17, 15) is 0 Å². The summed E-state index contributed by atoms with van der Waals surface area (Å²) in [6, 6.07) is 5.94. The Morgan fingerprint density at radius 3 is 2.50 bits per heavy atom. The summed E-state index contributed by atoms with van der Waals surface area (Å²) in [5.41, 5.74) is 13.5. The minimum Gasteiger partial charge on any atom is -0.398 e. The number of rotatable bonds is 3. The lowest BCUT2D eigenvalue weighted by Gasteiger charge is -2.22. The highest BCUT2D eigenvalue weighted by atomic mass is 32.1. The summed E-state index contributed by atoms with van der Waals surface area (Å²) >= 11 is 4.29. The van der Waals surface area contributed by atoms with Crippen LogP contribution in [-0.4, -0.2) is 6.54 Å². The van der Waals surface area contributed by atoms with Gasteiger partial charge in [-0.15, -0.1) is 12.6 Å². The van der Waals surface area contributed by atoms with Crippen molar-refractivity contribution in [3.63, 3.8) is 0 Å². The van der Waals surface area contributed by atoms with Crippen molar-refractivity contribution in [2.45, 2.75) is 25.2 Å². The molecule has 0 aliphatic heterocycles. The number of benzene rings is 1. The van der Waals surface area contributed by atoms with Gasteiger partial charge >= 0.3 is 0 Å². The van der Waals surface area contributed by atoms with Gasteiger partial charge in [-0.2, -0.15) is 0 Å². The second kappa shape index (κ2) is 4.24. The van der Waals surface area contributed by atoms with Gasteiger partial charge in [0.15, 0.2) is 0 Å². The van der Waals surface area contributed by atoms with E-state index < -0.39 is 0 Å². The second-order valence-corrected chi connectivity index (χ2v) is 4.92. The first-order valence-corrected chi connectivity index (χ1v) is 5.17. The first-order chi connectivity index (χ1) is 6.44. The molecule has 0 heterocycles. The van der Waals surface area contributed by atoms with Crippen molar-refractivity contribution in [3.8, 4) is 0 Å². The fourth-order valence-corrected chi connectivity index (χ4v) is 1.56. The number of anilines is 1. The van der Waals surface area contributed by atoms with Gasteiger partial charge in [0.1, 0.15) is 0 Å². The number of thiol groups is 1. The molecule has 0 atom stereocenters. The van der Waals surface area contributed by atoms with E-state index in [-0.39, 0.29) is 5.41 Å². The van der Waals surface area contributed by atoms with Crippen LogP contribution in [0, 0.1) is 5.41 Å². The van der Waals surface area contributed by atoms with Crippen LogP contribution in [0.2, 0.25) is 0 Å². The van der Waals surface area contributed by atoms with Gasteiger partial charge in [-0.3, -0.25) is 0 Å². The second-order valence-electron chi connectivity index (χ2n) is 4.44. The van der Waals surface area contributed by atoms with Crippen LogP contribution >= 0.6 is 12.6 Å². The Bertz CT molecular complexity index is 321. The Balaban J connectivity index is 2.83. The van der Waals surface area contributed by atoms with E-state index in [1.807, 2.05) is 18.2 Å². The zero-order chi connectivity index (χ0) is 10.8. The summed E-state index contributed by atoms with van der Waals surface area (Å²) in [5.74, 6) is 0. The van der Waals surface area contributed by atoms with E-state index in [4.69, 9.17) is 11.5 Å². The standard InChI is InChI=1S/C11H18N2S/c1-11(2,7-12)6-8-3-4-9(13)10(14)5-8/h3-5,14H,6-7,12-13H2,1-2H3. The zero-order valence-corrected chi connectivity index (χ0v) is 9.64. The van der Waals surface area contributed by atoms with Crippen molar-refractivity contribution in [1.82, 2.24) is 0 Å². The SMILES string of the molecule is CC(C)(CN)Cc1ccc(N)c(S)c1. The predicted octanol–water partition coefficient (Wildman–Crippen LogP) is 2.08. The van der Waals surface area contributed by atoms with Crippen LogP contribution in [0.5, 0.6) is 0 Å². The quantitative estimate of drug-likeness (QED) is 0.528. The monoisotopic (exact) mass is 210 g/mol. The third-order valence-corrected chi connectivity index (χ3v) is 2.72. The Labute approximate surface area is 91.1 Å². The lowest BCUT2D eigenvalue weighted by molar-refractivity contribution is 0.376. The molecule has 1 rings (SSSR count). The molecule has 0 saturated heterocycles. The molecule has 4 N–H and O–H groups in total. The molecule has 1 aromatic rings. The Kier molecular flexibility index (Phi) is 3.45. The minimum absolute atomic E-state index is 0.135. The fraction of sp³-hybridized carbons (Fsp3) is 0.455. The lowest BCUT2D eigenvalue weighted by atomic mass is 9.86. The van der Waals surface area contributed by atoms with Gasteiger partial charge in [0.05, 0.1) is 0 Å². The molecule has 0 fully saturated rings. The molecular formula is C11H18N2S. The van der Waals surface area contributed by atoms with Crippen molar-refractivity contribution in [3.05, 3.63) is 23.8 Å². The van der Waals surface area contributed by atoms with Crippen LogP contribution in [-0.2, 0) is 6.42 Å². The van der Waals surface area contributed by atoms with Crippen molar-refractivity contribution < 1.29 is 0 Å². The van der Waals surface area contributed by atoms with Crippen molar-refractivity contribution in [2.24, 2.45) is 11.1 Å². The average Bonchev–Trinajstić information content (AvgIpc) is 2.11. The third kappa shape index (κ3) is 2.93. The normalized spacial score (nSPS) is 11.7. The Hall–Kier alpha value is -0.670. The largest absolute Gasteiger partial charge is 0.398 e. The maximum atomic E-state index is 5.68. The molecule has 0 aromatic heterocycles. The Morgan fingerprint density at radius 2 is 2.00 bits per heavy atom. The van der Waals surface area contributed by atoms with Crippen molar-refractivity contribution in [1.29, 1.82) is 0 Å². The van der Waals surface area contributed by atoms with Crippen LogP contribution in [0.3, 0.4) is 0 Å². The summed E-state index contributed by atoms with van der Waals surface area (Å²) in [5, 5.41) is 0. The number of hydrogen-bond donors (Lipinski definition) is 3. The topological polar surface area (TPSA) is 52.0 Å². The van der Waals surface area contributed by atoms with E-state index in [1.165, 1.54) is 5.56 Å². The Morgan fingerprint density at radius 1 is 1.36 bits per heavy atom. The molecule has 0 unspecified atom stereocenters. The van der Waals surface area contributed by atoms with Gasteiger partial charge in [0, 0.05) is 10.6 Å². The molecule has 2 nitrogen and oxygen atoms in total. The van der Waals surface area contributed by atoms with Crippen LogP contribution in [0.4, 0.5) is 5.69 Å². The maximum Gasteiger partial charge on any atom is 0.0449 e. The van der Waals surface area contributed by atoms with Gasteiger partial charge in [0.2, 0.25) is 0 Å². The minimum atomic E-state index is 0.135. The van der Waals surface area contributed by atoms with Crippen molar-refractivity contribution >= 4 is 18.3 Å². The molecule has 0 aliphatic rings. The number of hydrogen-bond acceptors (Lipinski definition) is 3. The van der Waals surface area contributed by atoms with E-state index in [0.717, 1.165) is 17.0 Å². The number of nitrogen functional groups attached to an aromatic ring is 1. The molecule has 1 aromatic carbocycles. The van der Waals surface area contributed by atoms with E-state index >= 15 is 0 Å². The van der Waals surface area contributed by atoms with Crippen LogP contribution in [0.15, 0.2) is 23.1 Å². The summed E-state index contributed by atoms with van der Waals surface area (Å²) in [6.45, 7) is 4.99. The van der Waals surface area contributed by atoms with Gasteiger partial charge in [0.25, 0.3) is 0 Å². The first kappa shape index (κ1) is 11.4. The molecule has 0 aliphatic carbocycles. The molecule has 0 spiro atoms. The van der Waals surface area contributed by atoms with Gasteiger partial charge in [-0.1, -0.05) is 19.9 Å². The summed E-state index contributed by atoms with van der Waals surface area (Å²) in [7, 11) is 0. The highest BCUT2D eigenvalue weighted by Crippen LogP contribution is 2.24. The molecule has 0 radical (unpaired) electrons. The van der Waals surface area contributed by atoms with Crippen LogP contribution < -0.4 is 11.5 Å². The smallest absolute Gasteiger partial charge is 0.0449 e. The van der Waals surface area contributed by atoms with E-state index in [0.29, 0.717) is 6.54 Å². The van der Waals surface area contributed by atoms with E-state index in [2.05, 4.69) is 26.5 Å². The fourth-order valence-electron chi connectivity index (χ4n) is 1.32. The summed E-state index contributed by atoms with van der Waals surface area (Å²) in [4.78, 5) is 0.843. The molecule has 14 heavy (non-hydrogen) atoms. The molecule has 0 amide bonds. The van der Waals surface area contributed by atoms with Gasteiger partial charge in [-0.05, 0) is 36.1 Å². The van der Waals surface area contributed by atoms with Crippen LogP contribution in [0.1, 0.15) is 19.4 Å². The molecule has 0 bridgehead atoms.